The van der Waals surface area contributed by atoms with Gasteiger partial charge in [0.2, 0.25) is 11.7 Å². The summed E-state index contributed by atoms with van der Waals surface area (Å²) in [6, 6.07) is 5.66. The van der Waals surface area contributed by atoms with Crippen molar-refractivity contribution in [1.82, 2.24) is 14.9 Å². The molecule has 0 unspecified atom stereocenters. The number of halogens is 2. The first-order valence-corrected chi connectivity index (χ1v) is 8.95. The van der Waals surface area contributed by atoms with Gasteiger partial charge in [-0.1, -0.05) is 11.6 Å². The third kappa shape index (κ3) is 3.32. The fraction of sp³-hybridized carbons (Fsp3) is 0.167. The molecule has 0 aliphatic rings. The van der Waals surface area contributed by atoms with Crippen LogP contribution in [0.15, 0.2) is 41.1 Å². The summed E-state index contributed by atoms with van der Waals surface area (Å²) in [4.78, 5) is 29.5. The fourth-order valence-electron chi connectivity index (χ4n) is 2.67. The number of hydrogen-bond acceptors (Lipinski definition) is 4. The third-order valence-corrected chi connectivity index (χ3v) is 4.38. The van der Waals surface area contributed by atoms with Gasteiger partial charge in [-0.2, -0.15) is 0 Å². The number of hydrogen-bond donors (Lipinski definition) is 2. The van der Waals surface area contributed by atoms with Crippen LogP contribution in [0.1, 0.15) is 29.8 Å². The lowest BCUT2D eigenvalue weighted by molar-refractivity contribution is 0.103. The van der Waals surface area contributed by atoms with Crippen LogP contribution < -0.4 is 5.32 Å². The van der Waals surface area contributed by atoms with Crippen molar-refractivity contribution in [1.29, 1.82) is 0 Å². The smallest absolute Gasteiger partial charge is 0.329 e. The predicted octanol–water partition coefficient (Wildman–Crippen LogP) is 4.35. The molecule has 3 rings (SSSR count). The number of fused-ring (bicyclic) bond motifs is 1. The number of amides is 1. The van der Waals surface area contributed by atoms with Crippen LogP contribution >= 0.6 is 27.5 Å². The van der Waals surface area contributed by atoms with E-state index in [-0.39, 0.29) is 17.2 Å². The molecule has 3 aromatic rings. The fourth-order valence-corrected chi connectivity index (χ4v) is 3.21. The van der Waals surface area contributed by atoms with Gasteiger partial charge in [0, 0.05) is 38.9 Å². The standard InChI is InChI=1S/C18H15BrClN3O3/c1-9(2)22-18(26)23-14-4-3-12(20)6-13(14)15(17(23)25)16(24)10-5-11(19)8-21-7-10/h3-9,25H,1-2H3,(H,22,26). The Kier molecular flexibility index (Phi) is 5.02. The van der Waals surface area contributed by atoms with Gasteiger partial charge in [-0.25, -0.2) is 9.36 Å². The maximum atomic E-state index is 13.0. The largest absolute Gasteiger partial charge is 0.494 e. The number of aromatic hydroxyl groups is 1. The Bertz CT molecular complexity index is 1030. The van der Waals surface area contributed by atoms with E-state index in [2.05, 4.69) is 26.2 Å². The molecule has 0 aliphatic carbocycles. The molecule has 8 heteroatoms. The molecule has 0 saturated heterocycles. The van der Waals surface area contributed by atoms with Gasteiger partial charge in [0.15, 0.2) is 0 Å². The lowest BCUT2D eigenvalue weighted by Gasteiger charge is -2.10. The molecular weight excluding hydrogens is 422 g/mol. The lowest BCUT2D eigenvalue weighted by Crippen LogP contribution is -2.33. The highest BCUT2D eigenvalue weighted by Gasteiger charge is 2.27. The van der Waals surface area contributed by atoms with Gasteiger partial charge in [0.05, 0.1) is 11.1 Å². The minimum atomic E-state index is -0.531. The minimum absolute atomic E-state index is 0.00121. The SMILES string of the molecule is CC(C)NC(=O)n1c(O)c(C(=O)c2cncc(Br)c2)c2cc(Cl)ccc21. The first-order chi connectivity index (χ1) is 12.3. The van der Waals surface area contributed by atoms with Crippen molar-refractivity contribution in [3.63, 3.8) is 0 Å². The summed E-state index contributed by atoms with van der Waals surface area (Å²) >= 11 is 9.34. The molecule has 2 heterocycles. The van der Waals surface area contributed by atoms with Crippen LogP contribution in [0.25, 0.3) is 10.9 Å². The Morgan fingerprint density at radius 3 is 2.65 bits per heavy atom. The summed E-state index contributed by atoms with van der Waals surface area (Å²) in [7, 11) is 0. The molecule has 0 atom stereocenters. The second-order valence-corrected chi connectivity index (χ2v) is 7.37. The molecule has 6 nitrogen and oxygen atoms in total. The van der Waals surface area contributed by atoms with E-state index in [0.717, 1.165) is 4.57 Å². The van der Waals surface area contributed by atoms with Gasteiger partial charge in [-0.3, -0.25) is 9.78 Å². The van der Waals surface area contributed by atoms with Crippen LogP contribution in [0.2, 0.25) is 5.02 Å². The number of rotatable bonds is 3. The molecule has 134 valence electrons. The van der Waals surface area contributed by atoms with Crippen LogP contribution in [0.4, 0.5) is 4.79 Å². The van der Waals surface area contributed by atoms with E-state index in [0.29, 0.717) is 20.4 Å². The van der Waals surface area contributed by atoms with Crippen molar-refractivity contribution in [2.75, 3.05) is 0 Å². The van der Waals surface area contributed by atoms with Crippen LogP contribution in [-0.4, -0.2) is 32.5 Å². The van der Waals surface area contributed by atoms with E-state index in [1.54, 1.807) is 44.3 Å². The summed E-state index contributed by atoms with van der Waals surface area (Å²) in [5.74, 6) is -0.898. The number of nitrogens with one attached hydrogen (secondary N) is 1. The average molecular weight is 437 g/mol. The molecule has 0 saturated carbocycles. The van der Waals surface area contributed by atoms with E-state index in [1.165, 1.54) is 6.20 Å². The number of carbonyl (C=O) groups is 2. The first-order valence-electron chi connectivity index (χ1n) is 7.78. The minimum Gasteiger partial charge on any atom is -0.494 e. The third-order valence-electron chi connectivity index (χ3n) is 3.71. The highest BCUT2D eigenvalue weighted by Crippen LogP contribution is 2.34. The number of ketones is 1. The summed E-state index contributed by atoms with van der Waals surface area (Å²) in [5.41, 5.74) is 0.663. The van der Waals surface area contributed by atoms with Crippen LogP contribution in [0.5, 0.6) is 5.88 Å². The van der Waals surface area contributed by atoms with E-state index >= 15 is 0 Å². The van der Waals surface area contributed by atoms with Crippen LogP contribution in [0.3, 0.4) is 0 Å². The molecule has 0 radical (unpaired) electrons. The van der Waals surface area contributed by atoms with Gasteiger partial charge in [-0.05, 0) is 54.0 Å². The zero-order chi connectivity index (χ0) is 19.0. The molecule has 2 N–H and O–H groups in total. The van der Waals surface area contributed by atoms with E-state index in [4.69, 9.17) is 11.6 Å². The number of aromatic nitrogens is 2. The van der Waals surface area contributed by atoms with Crippen molar-refractivity contribution in [3.05, 3.63) is 57.3 Å². The van der Waals surface area contributed by atoms with Crippen molar-refractivity contribution in [2.24, 2.45) is 0 Å². The first kappa shape index (κ1) is 18.4. The van der Waals surface area contributed by atoms with E-state index in [1.807, 2.05) is 0 Å². The van der Waals surface area contributed by atoms with Crippen LogP contribution in [0, 0.1) is 0 Å². The Labute approximate surface area is 162 Å². The molecule has 26 heavy (non-hydrogen) atoms. The molecule has 0 spiro atoms. The van der Waals surface area contributed by atoms with E-state index < -0.39 is 17.7 Å². The summed E-state index contributed by atoms with van der Waals surface area (Å²) < 4.78 is 1.70. The normalized spacial score (nSPS) is 11.1. The average Bonchev–Trinajstić information content (AvgIpc) is 2.84. The van der Waals surface area contributed by atoms with Gasteiger partial charge >= 0.3 is 6.03 Å². The molecule has 2 aromatic heterocycles. The van der Waals surface area contributed by atoms with Gasteiger partial charge < -0.3 is 10.4 Å². The molecule has 0 fully saturated rings. The molecule has 1 aromatic carbocycles. The predicted molar refractivity (Wildman–Crippen MR) is 103 cm³/mol. The van der Waals surface area contributed by atoms with Gasteiger partial charge in [-0.15, -0.1) is 0 Å². The van der Waals surface area contributed by atoms with Crippen molar-refractivity contribution in [2.45, 2.75) is 19.9 Å². The Balaban J connectivity index is 2.25. The van der Waals surface area contributed by atoms with Crippen molar-refractivity contribution < 1.29 is 14.7 Å². The van der Waals surface area contributed by atoms with Crippen LogP contribution in [-0.2, 0) is 0 Å². The molecule has 1 amide bonds. The molecular formula is C18H15BrClN3O3. The highest BCUT2D eigenvalue weighted by atomic mass is 79.9. The number of nitrogens with zero attached hydrogens (tertiary/aromatic N) is 2. The zero-order valence-electron chi connectivity index (χ0n) is 14.0. The number of pyridine rings is 1. The number of carbonyl (C=O) groups excluding carboxylic acids is 2. The molecule has 0 bridgehead atoms. The maximum Gasteiger partial charge on any atom is 0.329 e. The quantitative estimate of drug-likeness (QED) is 0.598. The summed E-state index contributed by atoms with van der Waals surface area (Å²) in [6.07, 6.45) is 2.95. The monoisotopic (exact) mass is 435 g/mol. The topological polar surface area (TPSA) is 84.2 Å². The lowest BCUT2D eigenvalue weighted by atomic mass is 10.0. The Morgan fingerprint density at radius 1 is 1.27 bits per heavy atom. The maximum absolute atomic E-state index is 13.0. The van der Waals surface area contributed by atoms with E-state index in [9.17, 15) is 14.7 Å². The highest BCUT2D eigenvalue weighted by molar-refractivity contribution is 9.10. The Morgan fingerprint density at radius 2 is 2.00 bits per heavy atom. The Hall–Kier alpha value is -2.38. The number of benzene rings is 1. The summed E-state index contributed by atoms with van der Waals surface area (Å²) in [5, 5.41) is 14.2. The van der Waals surface area contributed by atoms with Gasteiger partial charge in [0.25, 0.3) is 0 Å². The van der Waals surface area contributed by atoms with Crippen molar-refractivity contribution >= 4 is 50.2 Å². The van der Waals surface area contributed by atoms with Gasteiger partial charge in [0.1, 0.15) is 0 Å². The second-order valence-electron chi connectivity index (χ2n) is 6.02. The van der Waals surface area contributed by atoms with Crippen molar-refractivity contribution in [3.8, 4) is 5.88 Å². The second kappa shape index (κ2) is 7.09. The molecule has 0 aliphatic heterocycles. The summed E-state index contributed by atoms with van der Waals surface area (Å²) in [6.45, 7) is 3.60. The zero-order valence-corrected chi connectivity index (χ0v) is 16.3.